The highest BCUT2D eigenvalue weighted by Gasteiger charge is 2.23. The van der Waals surface area contributed by atoms with Crippen LogP contribution in [-0.4, -0.2) is 53.1 Å². The molecular formula is C34H32F2N4O6S2. The zero-order chi connectivity index (χ0) is 35.2. The molecule has 0 aliphatic rings. The van der Waals surface area contributed by atoms with Crippen LogP contribution in [0.1, 0.15) is 22.3 Å². The van der Waals surface area contributed by atoms with E-state index in [-0.39, 0.29) is 33.2 Å². The number of non-ortho nitro benzene ring substituents is 1. The van der Waals surface area contributed by atoms with Crippen LogP contribution in [-0.2, 0) is 31.9 Å². The molecule has 2 unspecified atom stereocenters. The van der Waals surface area contributed by atoms with Gasteiger partial charge in [0.1, 0.15) is 33.7 Å². The van der Waals surface area contributed by atoms with Gasteiger partial charge in [-0.25, -0.2) is 18.4 Å². The summed E-state index contributed by atoms with van der Waals surface area (Å²) in [4.78, 5) is 34.4. The maximum Gasteiger partial charge on any atom is 0.328 e. The molecule has 0 heterocycles. The van der Waals surface area contributed by atoms with Gasteiger partial charge < -0.3 is 25.8 Å². The number of ether oxygens (including phenoxy) is 2. The number of carbonyl (C=O) groups is 2. The van der Waals surface area contributed by atoms with Crippen molar-refractivity contribution in [2.24, 2.45) is 0 Å². The highest BCUT2D eigenvalue weighted by Crippen LogP contribution is 2.15. The number of rotatable bonds is 11. The molecule has 2 atom stereocenters. The molecule has 4 rings (SSSR count). The first-order valence-corrected chi connectivity index (χ1v) is 15.1. The van der Waals surface area contributed by atoms with Crippen LogP contribution in [0.4, 0.5) is 20.2 Å². The molecule has 4 aromatic rings. The fourth-order valence-electron chi connectivity index (χ4n) is 4.31. The van der Waals surface area contributed by atoms with Crippen LogP contribution in [0.2, 0.25) is 0 Å². The molecule has 0 fully saturated rings. The van der Waals surface area contributed by atoms with Crippen molar-refractivity contribution in [3.05, 3.63) is 141 Å². The van der Waals surface area contributed by atoms with Crippen molar-refractivity contribution in [2.45, 2.75) is 24.9 Å². The Kier molecular flexibility index (Phi) is 14.0. The SMILES string of the molecule is COC(=O)C(Cc1ccc(N)cc1)NC(=S)c1ccccc1F.COC(=O)C(Cc1ccc([N+](=O)[O-])cc1)NC(=S)c1ccccc1F. The van der Waals surface area contributed by atoms with Crippen molar-refractivity contribution in [3.8, 4) is 0 Å². The third kappa shape index (κ3) is 10.9. The number of nitro groups is 1. The fourth-order valence-corrected chi connectivity index (χ4v) is 4.93. The van der Waals surface area contributed by atoms with E-state index >= 15 is 0 Å². The number of nitrogens with zero attached hydrogens (tertiary/aromatic N) is 1. The molecule has 0 aromatic heterocycles. The van der Waals surface area contributed by atoms with Gasteiger partial charge >= 0.3 is 11.9 Å². The van der Waals surface area contributed by atoms with Gasteiger partial charge in [0.15, 0.2) is 0 Å². The number of nitrogens with one attached hydrogen (secondary N) is 2. The minimum absolute atomic E-state index is 0.0480. The number of halogens is 2. The van der Waals surface area contributed by atoms with Crippen LogP contribution in [0.5, 0.6) is 0 Å². The van der Waals surface area contributed by atoms with E-state index in [9.17, 15) is 28.5 Å². The van der Waals surface area contributed by atoms with Crippen LogP contribution in [0.15, 0.2) is 97.1 Å². The first-order valence-electron chi connectivity index (χ1n) is 14.3. The van der Waals surface area contributed by atoms with E-state index in [0.717, 1.165) is 5.56 Å². The topological polar surface area (TPSA) is 146 Å². The van der Waals surface area contributed by atoms with Crippen LogP contribution in [0.3, 0.4) is 0 Å². The number of hydrogen-bond acceptors (Lipinski definition) is 9. The maximum absolute atomic E-state index is 13.8. The Morgan fingerprint density at radius 1 is 0.729 bits per heavy atom. The van der Waals surface area contributed by atoms with Crippen LogP contribution < -0.4 is 16.4 Å². The number of thiocarbonyl (C=S) groups is 2. The normalized spacial score (nSPS) is 11.5. The lowest BCUT2D eigenvalue weighted by Gasteiger charge is -2.18. The Bertz CT molecular complexity index is 1760. The van der Waals surface area contributed by atoms with Gasteiger partial charge in [-0.3, -0.25) is 10.1 Å². The molecule has 10 nitrogen and oxygen atoms in total. The van der Waals surface area contributed by atoms with Crippen molar-refractivity contribution in [3.63, 3.8) is 0 Å². The average Bonchev–Trinajstić information content (AvgIpc) is 3.08. The van der Waals surface area contributed by atoms with E-state index in [1.165, 1.54) is 50.6 Å². The first kappa shape index (κ1) is 37.1. The highest BCUT2D eigenvalue weighted by molar-refractivity contribution is 7.81. The monoisotopic (exact) mass is 694 g/mol. The second-order valence-corrected chi connectivity index (χ2v) is 10.9. The van der Waals surface area contributed by atoms with Gasteiger partial charge in [0.05, 0.1) is 19.1 Å². The molecule has 250 valence electrons. The summed E-state index contributed by atoms with van der Waals surface area (Å²) in [7, 11) is 2.53. The Labute approximate surface area is 286 Å². The van der Waals surface area contributed by atoms with Crippen molar-refractivity contribution < 1.29 is 32.8 Å². The summed E-state index contributed by atoms with van der Waals surface area (Å²) in [6.45, 7) is 0. The number of esters is 2. The van der Waals surface area contributed by atoms with Crippen molar-refractivity contribution in [1.29, 1.82) is 0 Å². The number of methoxy groups -OCH3 is 2. The van der Waals surface area contributed by atoms with Gasteiger partial charge in [0.25, 0.3) is 5.69 Å². The van der Waals surface area contributed by atoms with Crippen molar-refractivity contribution in [1.82, 2.24) is 10.6 Å². The van der Waals surface area contributed by atoms with E-state index in [4.69, 9.17) is 39.6 Å². The second kappa shape index (κ2) is 18.1. The lowest BCUT2D eigenvalue weighted by atomic mass is 10.0. The molecule has 0 aliphatic heterocycles. The van der Waals surface area contributed by atoms with Gasteiger partial charge in [-0.1, -0.05) is 73.0 Å². The minimum Gasteiger partial charge on any atom is -0.467 e. The quantitative estimate of drug-likeness (QED) is 0.0623. The molecule has 0 bridgehead atoms. The summed E-state index contributed by atoms with van der Waals surface area (Å²) >= 11 is 10.4. The fraction of sp³-hybridized carbons (Fsp3) is 0.176. The third-order valence-electron chi connectivity index (χ3n) is 6.83. The molecule has 4 N–H and O–H groups in total. The Morgan fingerprint density at radius 2 is 1.10 bits per heavy atom. The number of nitrogen functional groups attached to an aromatic ring is 1. The zero-order valence-corrected chi connectivity index (χ0v) is 27.5. The average molecular weight is 695 g/mol. The van der Waals surface area contributed by atoms with E-state index in [2.05, 4.69) is 10.6 Å². The van der Waals surface area contributed by atoms with Crippen LogP contribution >= 0.6 is 24.4 Å². The summed E-state index contributed by atoms with van der Waals surface area (Å²) in [6.07, 6.45) is 0.529. The molecule has 14 heteroatoms. The molecule has 0 saturated carbocycles. The summed E-state index contributed by atoms with van der Waals surface area (Å²) in [5, 5.41) is 16.4. The number of nitrogens with two attached hydrogens (primary N) is 1. The lowest BCUT2D eigenvalue weighted by Crippen LogP contribution is -2.42. The third-order valence-corrected chi connectivity index (χ3v) is 7.50. The molecule has 0 spiro atoms. The minimum atomic E-state index is -0.849. The van der Waals surface area contributed by atoms with Gasteiger partial charge in [0.2, 0.25) is 0 Å². The van der Waals surface area contributed by atoms with Gasteiger partial charge in [0, 0.05) is 41.8 Å². The Hall–Kier alpha value is -5.34. The first-order chi connectivity index (χ1) is 22.9. The smallest absolute Gasteiger partial charge is 0.328 e. The predicted octanol–water partition coefficient (Wildman–Crippen LogP) is 5.24. The standard InChI is InChI=1S/C17H15FN2O4S.C17H17FN2O2S/c1-24-17(21)15(10-11-6-8-12(9-7-11)20(22)23)19-16(25)13-4-2-3-5-14(13)18;1-22-17(21)15(10-11-6-8-12(19)9-7-11)20-16(23)13-4-2-3-5-14(13)18/h2-9,15H,10H2,1H3,(H,19,25);2-9,15H,10,19H2,1H3,(H,20,23). The Morgan fingerprint density at radius 3 is 1.46 bits per heavy atom. The molecule has 4 aromatic carbocycles. The van der Waals surface area contributed by atoms with Crippen LogP contribution in [0.25, 0.3) is 0 Å². The number of benzene rings is 4. The number of hydrogen-bond donors (Lipinski definition) is 3. The molecule has 0 saturated heterocycles. The summed E-state index contributed by atoms with van der Waals surface area (Å²) < 4.78 is 37.1. The van der Waals surface area contributed by atoms with Crippen LogP contribution in [0, 0.1) is 21.7 Å². The maximum atomic E-state index is 13.8. The highest BCUT2D eigenvalue weighted by atomic mass is 32.1. The predicted molar refractivity (Wildman–Crippen MR) is 185 cm³/mol. The van der Waals surface area contributed by atoms with Gasteiger partial charge in [-0.2, -0.15) is 0 Å². The van der Waals surface area contributed by atoms with Crippen molar-refractivity contribution in [2.75, 3.05) is 20.0 Å². The molecular weight excluding hydrogens is 663 g/mol. The second-order valence-electron chi connectivity index (χ2n) is 10.1. The van der Waals surface area contributed by atoms with Gasteiger partial charge in [-0.05, 0) is 47.5 Å². The van der Waals surface area contributed by atoms with Gasteiger partial charge in [-0.15, -0.1) is 0 Å². The molecule has 0 radical (unpaired) electrons. The molecule has 0 aliphatic carbocycles. The zero-order valence-electron chi connectivity index (χ0n) is 25.9. The molecule has 48 heavy (non-hydrogen) atoms. The number of nitro benzene ring substituents is 1. The summed E-state index contributed by atoms with van der Waals surface area (Å²) in [6, 6.07) is 23.4. The summed E-state index contributed by atoms with van der Waals surface area (Å²) in [5.41, 5.74) is 8.22. The molecule has 0 amide bonds. The van der Waals surface area contributed by atoms with Crippen molar-refractivity contribution >= 4 is 57.7 Å². The number of carbonyl (C=O) groups excluding carboxylic acids is 2. The van der Waals surface area contributed by atoms with E-state index in [1.807, 2.05) is 12.1 Å². The number of anilines is 1. The summed E-state index contributed by atoms with van der Waals surface area (Å²) in [5.74, 6) is -1.99. The lowest BCUT2D eigenvalue weighted by molar-refractivity contribution is -0.384. The van der Waals surface area contributed by atoms with E-state index in [0.29, 0.717) is 17.7 Å². The van der Waals surface area contributed by atoms with E-state index < -0.39 is 40.6 Å². The van der Waals surface area contributed by atoms with E-state index in [1.54, 1.807) is 48.5 Å². The largest absolute Gasteiger partial charge is 0.467 e. The Balaban J connectivity index is 0.000000261.